The highest BCUT2D eigenvalue weighted by atomic mass is 79.9. The van der Waals surface area contributed by atoms with Crippen molar-refractivity contribution < 1.29 is 17.9 Å². The summed E-state index contributed by atoms with van der Waals surface area (Å²) in [4.78, 5) is 0.275. The average molecular weight is 429 g/mol. The molecule has 0 radical (unpaired) electrons. The van der Waals surface area contributed by atoms with Crippen LogP contribution in [0.3, 0.4) is 0 Å². The third-order valence-corrected chi connectivity index (χ3v) is 6.88. The first-order valence-electron chi connectivity index (χ1n) is 8.10. The van der Waals surface area contributed by atoms with Gasteiger partial charge in [-0.25, -0.2) is 8.42 Å². The van der Waals surface area contributed by atoms with Gasteiger partial charge in [0.05, 0.1) is 23.3 Å². The van der Waals surface area contributed by atoms with E-state index in [9.17, 15) is 13.5 Å². The van der Waals surface area contributed by atoms with Crippen LogP contribution in [-0.4, -0.2) is 43.1 Å². The monoisotopic (exact) mass is 428 g/mol. The Labute approximate surface area is 156 Å². The highest BCUT2D eigenvalue weighted by Gasteiger charge is 2.36. The van der Waals surface area contributed by atoms with Crippen molar-refractivity contribution in [2.75, 3.05) is 19.6 Å². The quantitative estimate of drug-likeness (QED) is 0.737. The molecule has 0 bridgehead atoms. The van der Waals surface area contributed by atoms with Crippen molar-refractivity contribution in [3.05, 3.63) is 52.9 Å². The number of aliphatic hydroxyl groups is 1. The second-order valence-corrected chi connectivity index (χ2v) is 9.12. The molecule has 0 spiro atoms. The first-order chi connectivity index (χ1) is 11.9. The third kappa shape index (κ3) is 4.51. The van der Waals surface area contributed by atoms with Gasteiger partial charge in [-0.3, -0.25) is 0 Å². The topological polar surface area (TPSA) is 82.8 Å². The fraction of sp³-hybridized carbons (Fsp3) is 0.412. The van der Waals surface area contributed by atoms with Crippen molar-refractivity contribution in [2.45, 2.75) is 29.9 Å². The number of rotatable bonds is 6. The minimum absolute atomic E-state index is 0.275. The van der Waals surface area contributed by atoms with E-state index in [1.165, 1.54) is 4.31 Å². The van der Waals surface area contributed by atoms with E-state index in [4.69, 9.17) is 4.42 Å². The molecule has 8 heteroatoms. The molecule has 0 saturated carbocycles. The van der Waals surface area contributed by atoms with E-state index < -0.39 is 15.6 Å². The lowest BCUT2D eigenvalue weighted by atomic mass is 9.92. The molecule has 1 fully saturated rings. The Bertz CT molecular complexity index is 783. The molecule has 1 saturated heterocycles. The summed E-state index contributed by atoms with van der Waals surface area (Å²) in [5.74, 6) is 0.804. The number of furan rings is 1. The minimum Gasteiger partial charge on any atom is -0.468 e. The van der Waals surface area contributed by atoms with E-state index in [2.05, 4.69) is 21.2 Å². The second kappa shape index (κ2) is 7.59. The number of nitrogens with zero attached hydrogens (tertiary/aromatic N) is 1. The molecule has 2 heterocycles. The largest absolute Gasteiger partial charge is 0.468 e. The number of piperidine rings is 1. The van der Waals surface area contributed by atoms with Gasteiger partial charge in [0.15, 0.2) is 0 Å². The molecule has 1 aliphatic rings. The van der Waals surface area contributed by atoms with Gasteiger partial charge in [0, 0.05) is 24.1 Å². The van der Waals surface area contributed by atoms with Gasteiger partial charge in [0.25, 0.3) is 0 Å². The van der Waals surface area contributed by atoms with E-state index in [0.29, 0.717) is 39.0 Å². The molecule has 0 aliphatic carbocycles. The summed E-state index contributed by atoms with van der Waals surface area (Å²) in [6.07, 6.45) is 2.40. The molecular formula is C17H21BrN2O4S. The fourth-order valence-corrected chi connectivity index (χ4v) is 4.61. The Kier molecular flexibility index (Phi) is 5.65. The van der Waals surface area contributed by atoms with Crippen molar-refractivity contribution in [3.63, 3.8) is 0 Å². The number of hydrogen-bond acceptors (Lipinski definition) is 5. The van der Waals surface area contributed by atoms with Crippen molar-refractivity contribution in [2.24, 2.45) is 0 Å². The van der Waals surface area contributed by atoms with Gasteiger partial charge in [0.1, 0.15) is 5.76 Å². The van der Waals surface area contributed by atoms with Crippen molar-refractivity contribution >= 4 is 26.0 Å². The second-order valence-electron chi connectivity index (χ2n) is 6.27. The minimum atomic E-state index is -3.52. The standard InChI is InChI=1S/C17H21BrN2O4S/c18-14-3-5-16(6-4-14)25(22,23)20-9-7-17(21,8-10-20)13-19-12-15-2-1-11-24-15/h1-6,11,19,21H,7-10,12-13H2. The van der Waals surface area contributed by atoms with Crippen LogP contribution in [0.2, 0.25) is 0 Å². The van der Waals surface area contributed by atoms with Crippen LogP contribution in [0.4, 0.5) is 0 Å². The lowest BCUT2D eigenvalue weighted by Crippen LogP contribution is -2.51. The molecule has 0 amide bonds. The third-order valence-electron chi connectivity index (χ3n) is 4.44. The smallest absolute Gasteiger partial charge is 0.243 e. The summed E-state index contributed by atoms with van der Waals surface area (Å²) in [6.45, 7) is 1.55. The van der Waals surface area contributed by atoms with E-state index in [1.54, 1.807) is 30.5 Å². The molecule has 3 rings (SSSR count). The molecule has 0 atom stereocenters. The summed E-state index contributed by atoms with van der Waals surface area (Å²) in [7, 11) is -3.52. The lowest BCUT2D eigenvalue weighted by molar-refractivity contribution is -0.00435. The van der Waals surface area contributed by atoms with Gasteiger partial charge >= 0.3 is 0 Å². The molecule has 6 nitrogen and oxygen atoms in total. The molecule has 1 aliphatic heterocycles. The zero-order valence-electron chi connectivity index (χ0n) is 13.7. The van der Waals surface area contributed by atoms with Crippen LogP contribution >= 0.6 is 15.9 Å². The molecule has 2 aromatic rings. The Morgan fingerprint density at radius 1 is 1.20 bits per heavy atom. The maximum absolute atomic E-state index is 12.7. The van der Waals surface area contributed by atoms with Gasteiger partial charge in [-0.1, -0.05) is 15.9 Å². The lowest BCUT2D eigenvalue weighted by Gasteiger charge is -2.37. The van der Waals surface area contributed by atoms with Crippen LogP contribution in [-0.2, 0) is 16.6 Å². The summed E-state index contributed by atoms with van der Waals surface area (Å²) >= 11 is 3.31. The van der Waals surface area contributed by atoms with Crippen LogP contribution in [0.15, 0.2) is 56.4 Å². The first-order valence-corrected chi connectivity index (χ1v) is 10.3. The van der Waals surface area contributed by atoms with Crippen LogP contribution in [0.5, 0.6) is 0 Å². The van der Waals surface area contributed by atoms with E-state index in [-0.39, 0.29) is 4.90 Å². The number of benzene rings is 1. The number of hydrogen-bond donors (Lipinski definition) is 2. The molecule has 136 valence electrons. The molecule has 25 heavy (non-hydrogen) atoms. The number of halogens is 1. The van der Waals surface area contributed by atoms with Gasteiger partial charge in [-0.05, 0) is 49.2 Å². The Balaban J connectivity index is 1.56. The maximum Gasteiger partial charge on any atom is 0.243 e. The SMILES string of the molecule is O=S(=O)(c1ccc(Br)cc1)N1CCC(O)(CNCc2ccco2)CC1. The van der Waals surface area contributed by atoms with Crippen molar-refractivity contribution in [1.82, 2.24) is 9.62 Å². The molecule has 1 aromatic carbocycles. The van der Waals surface area contributed by atoms with Crippen LogP contribution < -0.4 is 5.32 Å². The van der Waals surface area contributed by atoms with Crippen LogP contribution in [0, 0.1) is 0 Å². The Hall–Kier alpha value is -1.19. The first kappa shape index (κ1) is 18.6. The maximum atomic E-state index is 12.7. The summed E-state index contributed by atoms with van der Waals surface area (Å²) in [6, 6.07) is 10.3. The fourth-order valence-electron chi connectivity index (χ4n) is 2.91. The van der Waals surface area contributed by atoms with Gasteiger partial charge in [0.2, 0.25) is 10.0 Å². The Morgan fingerprint density at radius 2 is 1.88 bits per heavy atom. The predicted octanol–water partition coefficient (Wildman–Crippen LogP) is 2.35. The molecular weight excluding hydrogens is 408 g/mol. The van der Waals surface area contributed by atoms with Crippen molar-refractivity contribution in [1.29, 1.82) is 0 Å². The van der Waals surface area contributed by atoms with E-state index in [0.717, 1.165) is 10.2 Å². The Morgan fingerprint density at radius 3 is 2.48 bits per heavy atom. The number of nitrogens with one attached hydrogen (secondary N) is 1. The van der Waals surface area contributed by atoms with Crippen LogP contribution in [0.1, 0.15) is 18.6 Å². The summed E-state index contributed by atoms with van der Waals surface area (Å²) in [5.41, 5.74) is -0.904. The normalized spacial score (nSPS) is 18.3. The molecule has 1 aromatic heterocycles. The van der Waals surface area contributed by atoms with E-state index in [1.807, 2.05) is 12.1 Å². The van der Waals surface area contributed by atoms with Gasteiger partial charge in [-0.15, -0.1) is 0 Å². The van der Waals surface area contributed by atoms with Gasteiger partial charge in [-0.2, -0.15) is 4.31 Å². The van der Waals surface area contributed by atoms with E-state index >= 15 is 0 Å². The van der Waals surface area contributed by atoms with Gasteiger partial charge < -0.3 is 14.8 Å². The number of sulfonamides is 1. The average Bonchev–Trinajstić information content (AvgIpc) is 3.09. The molecule has 0 unspecified atom stereocenters. The summed E-state index contributed by atoms with van der Waals surface area (Å²) < 4.78 is 32.9. The highest BCUT2D eigenvalue weighted by molar-refractivity contribution is 9.10. The summed E-state index contributed by atoms with van der Waals surface area (Å²) in [5, 5.41) is 13.8. The zero-order valence-corrected chi connectivity index (χ0v) is 16.1. The van der Waals surface area contributed by atoms with Crippen molar-refractivity contribution in [3.8, 4) is 0 Å². The predicted molar refractivity (Wildman–Crippen MR) is 97.5 cm³/mol. The van der Waals surface area contributed by atoms with Crippen LogP contribution in [0.25, 0.3) is 0 Å². The molecule has 2 N–H and O–H groups in total. The highest BCUT2D eigenvalue weighted by Crippen LogP contribution is 2.27. The zero-order chi connectivity index (χ0) is 17.9.